The lowest BCUT2D eigenvalue weighted by molar-refractivity contribution is -0.134. The zero-order valence-corrected chi connectivity index (χ0v) is 13.1. The minimum Gasteiger partial charge on any atom is -0.426 e. The maximum Gasteiger partial charge on any atom is 0.312 e. The van der Waals surface area contributed by atoms with Crippen molar-refractivity contribution in [2.24, 2.45) is 11.8 Å². The highest BCUT2D eigenvalue weighted by atomic mass is 16.5. The molecule has 0 aromatic heterocycles. The van der Waals surface area contributed by atoms with E-state index < -0.39 is 0 Å². The van der Waals surface area contributed by atoms with Crippen LogP contribution in [0.1, 0.15) is 36.5 Å². The number of nitriles is 1. The third-order valence-corrected chi connectivity index (χ3v) is 3.88. The molecular weight excluding hydrogens is 280 g/mol. The van der Waals surface area contributed by atoms with E-state index in [0.29, 0.717) is 17.2 Å². The predicted molar refractivity (Wildman–Crippen MR) is 81.2 cm³/mol. The van der Waals surface area contributed by atoms with Crippen molar-refractivity contribution in [3.05, 3.63) is 28.8 Å². The molecule has 0 saturated heterocycles. The number of aryl methyl sites for hydroxylation is 2. The van der Waals surface area contributed by atoms with E-state index in [4.69, 9.17) is 10.00 Å². The summed E-state index contributed by atoms with van der Waals surface area (Å²) in [5, 5.41) is 11.7. The van der Waals surface area contributed by atoms with Crippen LogP contribution in [0, 0.1) is 37.0 Å². The molecule has 1 fully saturated rings. The van der Waals surface area contributed by atoms with E-state index in [1.54, 1.807) is 26.0 Å². The molecule has 1 aliphatic rings. The van der Waals surface area contributed by atoms with Crippen LogP contribution in [-0.4, -0.2) is 18.4 Å². The number of nitrogens with one attached hydrogen (secondary N) is 1. The van der Waals surface area contributed by atoms with Crippen molar-refractivity contribution in [2.45, 2.75) is 33.6 Å². The maximum atomic E-state index is 11.9. The topological polar surface area (TPSA) is 79.2 Å². The zero-order chi connectivity index (χ0) is 16.3. The third kappa shape index (κ3) is 3.85. The van der Waals surface area contributed by atoms with Gasteiger partial charge in [-0.1, -0.05) is 6.92 Å². The van der Waals surface area contributed by atoms with Crippen LogP contribution >= 0.6 is 0 Å². The number of benzene rings is 1. The highest BCUT2D eigenvalue weighted by Crippen LogP contribution is 2.37. The molecule has 1 amide bonds. The Morgan fingerprint density at radius 2 is 1.95 bits per heavy atom. The minimum absolute atomic E-state index is 0.0195. The van der Waals surface area contributed by atoms with E-state index in [-0.39, 0.29) is 30.8 Å². The summed E-state index contributed by atoms with van der Waals surface area (Å²) in [6, 6.07) is 5.44. The number of nitrogens with zero attached hydrogens (tertiary/aromatic N) is 1. The summed E-state index contributed by atoms with van der Waals surface area (Å²) in [5.74, 6) is 0.687. The van der Waals surface area contributed by atoms with Crippen LogP contribution < -0.4 is 10.1 Å². The molecule has 0 heterocycles. The second kappa shape index (κ2) is 6.61. The van der Waals surface area contributed by atoms with E-state index in [1.807, 2.05) is 6.92 Å². The van der Waals surface area contributed by atoms with Crippen LogP contribution in [0.3, 0.4) is 0 Å². The van der Waals surface area contributed by atoms with E-state index in [2.05, 4.69) is 11.4 Å². The third-order valence-electron chi connectivity index (χ3n) is 3.88. The lowest BCUT2D eigenvalue weighted by Gasteiger charge is -2.11. The number of carbonyl (C=O) groups excluding carboxylic acids is 2. The molecule has 0 aliphatic heterocycles. The number of amides is 1. The Bertz CT molecular complexity index is 623. The number of ether oxygens (including phenoxy) is 1. The molecule has 22 heavy (non-hydrogen) atoms. The largest absolute Gasteiger partial charge is 0.426 e. The number of hydrogen-bond acceptors (Lipinski definition) is 4. The Hall–Kier alpha value is -2.35. The summed E-state index contributed by atoms with van der Waals surface area (Å²) < 4.78 is 5.35. The molecule has 1 N–H and O–H groups in total. The summed E-state index contributed by atoms with van der Waals surface area (Å²) >= 11 is 0. The summed E-state index contributed by atoms with van der Waals surface area (Å²) in [5.41, 5.74) is 2.04. The van der Waals surface area contributed by atoms with Crippen LogP contribution in [0.2, 0.25) is 0 Å². The highest BCUT2D eigenvalue weighted by Gasteiger charge is 2.38. The van der Waals surface area contributed by atoms with Gasteiger partial charge < -0.3 is 10.1 Å². The van der Waals surface area contributed by atoms with Gasteiger partial charge in [0.05, 0.1) is 18.1 Å². The number of rotatable bonds is 5. The first kappa shape index (κ1) is 16.0. The molecule has 0 bridgehead atoms. The van der Waals surface area contributed by atoms with Gasteiger partial charge in [-0.3, -0.25) is 9.59 Å². The molecular formula is C17H20N2O3. The molecule has 1 aromatic rings. The summed E-state index contributed by atoms with van der Waals surface area (Å²) in [7, 11) is 0. The Morgan fingerprint density at radius 1 is 1.36 bits per heavy atom. The molecule has 1 saturated carbocycles. The first-order chi connectivity index (χ1) is 10.4. The van der Waals surface area contributed by atoms with Crippen molar-refractivity contribution in [1.29, 1.82) is 5.26 Å². The highest BCUT2D eigenvalue weighted by molar-refractivity contribution is 5.82. The quantitative estimate of drug-likeness (QED) is 0.668. The van der Waals surface area contributed by atoms with E-state index in [9.17, 15) is 9.59 Å². The van der Waals surface area contributed by atoms with Crippen molar-refractivity contribution in [3.8, 4) is 11.8 Å². The van der Waals surface area contributed by atoms with Gasteiger partial charge in [0.1, 0.15) is 5.75 Å². The van der Waals surface area contributed by atoms with Crippen LogP contribution in [0.25, 0.3) is 0 Å². The van der Waals surface area contributed by atoms with Crippen molar-refractivity contribution >= 4 is 11.9 Å². The van der Waals surface area contributed by atoms with Gasteiger partial charge in [-0.2, -0.15) is 5.26 Å². The molecule has 116 valence electrons. The van der Waals surface area contributed by atoms with Crippen LogP contribution in [0.4, 0.5) is 0 Å². The molecule has 0 spiro atoms. The van der Waals surface area contributed by atoms with Crippen molar-refractivity contribution in [3.63, 3.8) is 0 Å². The lowest BCUT2D eigenvalue weighted by atomic mass is 10.1. The molecule has 2 atom stereocenters. The monoisotopic (exact) mass is 300 g/mol. The number of hydrogen-bond donors (Lipinski definition) is 1. The van der Waals surface area contributed by atoms with Crippen LogP contribution in [-0.2, 0) is 9.59 Å². The van der Waals surface area contributed by atoms with E-state index in [1.165, 1.54) is 0 Å². The van der Waals surface area contributed by atoms with Gasteiger partial charge in [-0.25, -0.2) is 0 Å². The number of esters is 1. The molecule has 0 radical (unpaired) electrons. The summed E-state index contributed by atoms with van der Waals surface area (Å²) in [6.45, 7) is 5.92. The minimum atomic E-state index is -0.389. The standard InChI is InChI=1S/C17H20N2O3/c1-10-8-14(10)17(21)19-5-4-15(20)22-16-11(2)6-13(9-18)7-12(16)3/h6-7,10,14H,4-5,8H2,1-3H3,(H,19,21). The van der Waals surface area contributed by atoms with Crippen molar-refractivity contribution < 1.29 is 14.3 Å². The van der Waals surface area contributed by atoms with Gasteiger partial charge in [-0.05, 0) is 49.4 Å². The van der Waals surface area contributed by atoms with Crippen LogP contribution in [0.15, 0.2) is 12.1 Å². The molecule has 5 nitrogen and oxygen atoms in total. The fourth-order valence-corrected chi connectivity index (χ4v) is 2.45. The maximum absolute atomic E-state index is 11.9. The average Bonchev–Trinajstić information content (AvgIpc) is 3.19. The Labute approximate surface area is 130 Å². The van der Waals surface area contributed by atoms with Crippen molar-refractivity contribution in [2.75, 3.05) is 6.54 Å². The molecule has 5 heteroatoms. The van der Waals surface area contributed by atoms with Crippen LogP contribution in [0.5, 0.6) is 5.75 Å². The second-order valence-electron chi connectivity index (χ2n) is 5.89. The molecule has 1 aliphatic carbocycles. The first-order valence-corrected chi connectivity index (χ1v) is 7.42. The van der Waals surface area contributed by atoms with Gasteiger partial charge in [0, 0.05) is 12.5 Å². The fourth-order valence-electron chi connectivity index (χ4n) is 2.45. The molecule has 2 rings (SSSR count). The van der Waals surface area contributed by atoms with Gasteiger partial charge in [0.15, 0.2) is 0 Å². The molecule has 1 aromatic carbocycles. The molecule has 2 unspecified atom stereocenters. The zero-order valence-electron chi connectivity index (χ0n) is 13.1. The van der Waals surface area contributed by atoms with E-state index in [0.717, 1.165) is 17.5 Å². The second-order valence-corrected chi connectivity index (χ2v) is 5.89. The smallest absolute Gasteiger partial charge is 0.312 e. The number of carbonyl (C=O) groups is 2. The van der Waals surface area contributed by atoms with E-state index >= 15 is 0 Å². The van der Waals surface area contributed by atoms with Gasteiger partial charge in [0.2, 0.25) is 5.91 Å². The summed E-state index contributed by atoms with van der Waals surface area (Å²) in [6.07, 6.45) is 1.06. The Morgan fingerprint density at radius 3 is 2.45 bits per heavy atom. The normalized spacial score (nSPS) is 19.2. The van der Waals surface area contributed by atoms with Gasteiger partial charge >= 0.3 is 5.97 Å². The predicted octanol–water partition coefficient (Wildman–Crippen LogP) is 2.24. The average molecular weight is 300 g/mol. The fraction of sp³-hybridized carbons (Fsp3) is 0.471. The SMILES string of the molecule is Cc1cc(C#N)cc(C)c1OC(=O)CCNC(=O)C1CC1C. The Balaban J connectivity index is 1.84. The van der Waals surface area contributed by atoms with Gasteiger partial charge in [0.25, 0.3) is 0 Å². The Kier molecular flexibility index (Phi) is 4.81. The lowest BCUT2D eigenvalue weighted by Crippen LogP contribution is -2.28. The van der Waals surface area contributed by atoms with Gasteiger partial charge in [-0.15, -0.1) is 0 Å². The van der Waals surface area contributed by atoms with Crippen molar-refractivity contribution in [1.82, 2.24) is 5.32 Å². The summed E-state index contributed by atoms with van der Waals surface area (Å²) in [4.78, 5) is 23.5. The first-order valence-electron chi connectivity index (χ1n) is 7.42.